The monoisotopic (exact) mass is 491 g/mol. The van der Waals surface area contributed by atoms with Crippen LogP contribution in [0.5, 0.6) is 11.5 Å². The van der Waals surface area contributed by atoms with Gasteiger partial charge in [-0.05, 0) is 56.3 Å². The van der Waals surface area contributed by atoms with Crippen LogP contribution >= 0.6 is 0 Å². The summed E-state index contributed by atoms with van der Waals surface area (Å²) < 4.78 is 29.0. The molecule has 1 amide bonds. The van der Waals surface area contributed by atoms with E-state index in [0.717, 1.165) is 43.5 Å². The number of nitrogens with one attached hydrogen (secondary N) is 1. The Labute approximate surface area is 204 Å². The summed E-state index contributed by atoms with van der Waals surface area (Å²) in [5.74, 6) is 3.57. The first-order chi connectivity index (χ1) is 16.3. The van der Waals surface area contributed by atoms with Crippen LogP contribution in [0.25, 0.3) is 11.5 Å². The molecule has 0 saturated carbocycles. The highest BCUT2D eigenvalue weighted by molar-refractivity contribution is 7.84. The van der Waals surface area contributed by atoms with E-state index in [-0.39, 0.29) is 17.4 Å². The largest absolute Gasteiger partial charge is 0.493 e. The van der Waals surface area contributed by atoms with Gasteiger partial charge in [0.05, 0.1) is 25.7 Å². The number of carbonyl (C=O) groups excluding carboxylic acids is 1. The van der Waals surface area contributed by atoms with E-state index in [1.807, 2.05) is 6.07 Å². The molecule has 1 fully saturated rings. The molecule has 2 heterocycles. The van der Waals surface area contributed by atoms with E-state index in [2.05, 4.69) is 29.0 Å². The first-order valence-corrected chi connectivity index (χ1v) is 13.3. The fourth-order valence-electron chi connectivity index (χ4n) is 4.56. The molecule has 2 aromatic rings. The number of oxazole rings is 1. The average molecular weight is 492 g/mol. The lowest BCUT2D eigenvalue weighted by atomic mass is 9.92. The molecule has 3 atom stereocenters. The summed E-state index contributed by atoms with van der Waals surface area (Å²) in [5, 5.41) is 2.90. The van der Waals surface area contributed by atoms with Gasteiger partial charge in [0.2, 0.25) is 11.8 Å². The van der Waals surface area contributed by atoms with E-state index in [4.69, 9.17) is 13.9 Å². The molecule has 188 valence electrons. The fraction of sp³-hybridized carbons (Fsp3) is 0.600. The zero-order chi connectivity index (χ0) is 24.7. The molecule has 3 rings (SSSR count). The third-order valence-electron chi connectivity index (χ3n) is 6.03. The lowest BCUT2D eigenvalue weighted by molar-refractivity contribution is -0.118. The molecule has 1 N–H and O–H groups in total. The number of piperidine rings is 1. The zero-order valence-electron chi connectivity index (χ0n) is 20.9. The summed E-state index contributed by atoms with van der Waals surface area (Å²) in [6.45, 7) is 10.2. The molecule has 1 aromatic heterocycles. The van der Waals surface area contributed by atoms with Gasteiger partial charge in [0.15, 0.2) is 11.5 Å². The second kappa shape index (κ2) is 12.4. The van der Waals surface area contributed by atoms with Gasteiger partial charge < -0.3 is 24.1 Å². The molecule has 0 spiro atoms. The first-order valence-electron chi connectivity index (χ1n) is 11.8. The van der Waals surface area contributed by atoms with Crippen LogP contribution in [0.2, 0.25) is 0 Å². The molecule has 0 radical (unpaired) electrons. The predicted octanol–water partition coefficient (Wildman–Crippen LogP) is 3.40. The molecular formula is C25H37N3O5S. The molecule has 1 aliphatic heterocycles. The highest BCUT2D eigenvalue weighted by Crippen LogP contribution is 2.32. The van der Waals surface area contributed by atoms with Crippen LogP contribution in [0.3, 0.4) is 0 Å². The van der Waals surface area contributed by atoms with Gasteiger partial charge in [-0.2, -0.15) is 0 Å². The van der Waals surface area contributed by atoms with Crippen LogP contribution in [0, 0.1) is 18.8 Å². The number of nitrogens with zero attached hydrogens (tertiary/aromatic N) is 2. The third kappa shape index (κ3) is 7.30. The third-order valence-corrected chi connectivity index (χ3v) is 7.21. The number of amides is 1. The highest BCUT2D eigenvalue weighted by Gasteiger charge is 2.21. The number of rotatable bonds is 11. The summed E-state index contributed by atoms with van der Waals surface area (Å²) >= 11 is 0. The zero-order valence-corrected chi connectivity index (χ0v) is 21.7. The minimum Gasteiger partial charge on any atom is -0.493 e. The average Bonchev–Trinajstić information content (AvgIpc) is 3.15. The smallest absolute Gasteiger partial charge is 0.232 e. The molecule has 0 bridgehead atoms. The molecular weight excluding hydrogens is 454 g/mol. The van der Waals surface area contributed by atoms with Crippen molar-refractivity contribution < 1.29 is 22.9 Å². The summed E-state index contributed by atoms with van der Waals surface area (Å²) in [4.78, 5) is 19.2. The number of hydrogen-bond acceptors (Lipinski definition) is 7. The van der Waals surface area contributed by atoms with Gasteiger partial charge in [0.1, 0.15) is 11.5 Å². The van der Waals surface area contributed by atoms with Gasteiger partial charge in [0.25, 0.3) is 0 Å². The van der Waals surface area contributed by atoms with Gasteiger partial charge >= 0.3 is 0 Å². The van der Waals surface area contributed by atoms with Crippen molar-refractivity contribution in [2.75, 3.05) is 46.2 Å². The van der Waals surface area contributed by atoms with E-state index in [1.165, 1.54) is 6.42 Å². The van der Waals surface area contributed by atoms with E-state index < -0.39 is 10.8 Å². The van der Waals surface area contributed by atoms with Crippen LogP contribution in [-0.4, -0.2) is 66.2 Å². The maximum atomic E-state index is 12.6. The van der Waals surface area contributed by atoms with Crippen molar-refractivity contribution in [3.05, 3.63) is 29.7 Å². The molecule has 8 nitrogen and oxygen atoms in total. The first kappa shape index (κ1) is 26.2. The number of methoxy groups -OCH3 is 2. The molecule has 1 aliphatic rings. The highest BCUT2D eigenvalue weighted by atomic mass is 32.2. The van der Waals surface area contributed by atoms with E-state index >= 15 is 0 Å². The molecule has 34 heavy (non-hydrogen) atoms. The second-order valence-corrected chi connectivity index (χ2v) is 10.7. The molecule has 9 heteroatoms. The Morgan fingerprint density at radius 1 is 1.21 bits per heavy atom. The summed E-state index contributed by atoms with van der Waals surface area (Å²) in [7, 11) is 1.77. The van der Waals surface area contributed by atoms with Gasteiger partial charge in [-0.25, -0.2) is 4.98 Å². The standard InChI is InChI=1S/C25H37N3O5S/c1-17-11-18(2)14-28(13-17)10-6-9-26-24(29)16-34(30)15-21-19(3)33-25(27-21)20-7-8-22(31-4)23(12-20)32-5/h7-8,12,17-18H,6,9-11,13-16H2,1-5H3,(H,26,29)/t17-,18-,34+/m0/s1. The van der Waals surface area contributed by atoms with Crippen molar-refractivity contribution in [3.8, 4) is 23.0 Å². The lowest BCUT2D eigenvalue weighted by Crippen LogP contribution is -2.40. The van der Waals surface area contributed by atoms with Crippen molar-refractivity contribution in [1.29, 1.82) is 0 Å². The Kier molecular flexibility index (Phi) is 9.53. The summed E-state index contributed by atoms with van der Waals surface area (Å²) in [6.07, 6.45) is 2.19. The van der Waals surface area contributed by atoms with E-state index in [0.29, 0.717) is 35.4 Å². The maximum Gasteiger partial charge on any atom is 0.232 e. The van der Waals surface area contributed by atoms with Crippen LogP contribution in [0.1, 0.15) is 38.1 Å². The summed E-state index contributed by atoms with van der Waals surface area (Å²) in [6, 6.07) is 5.39. The maximum absolute atomic E-state index is 12.6. The van der Waals surface area contributed by atoms with E-state index in [1.54, 1.807) is 33.3 Å². The normalized spacial score (nSPS) is 19.6. The van der Waals surface area contributed by atoms with Crippen molar-refractivity contribution in [3.63, 3.8) is 0 Å². The Hall–Kier alpha value is -2.39. The van der Waals surface area contributed by atoms with Crippen LogP contribution in [0.15, 0.2) is 22.6 Å². The van der Waals surface area contributed by atoms with E-state index in [9.17, 15) is 9.00 Å². The molecule has 1 aromatic carbocycles. The number of carbonyl (C=O) groups is 1. The number of likely N-dealkylation sites (tertiary alicyclic amines) is 1. The number of benzene rings is 1. The minimum atomic E-state index is -1.37. The van der Waals surface area contributed by atoms with Crippen LogP contribution in [0.4, 0.5) is 0 Å². The van der Waals surface area contributed by atoms with Crippen molar-refractivity contribution >= 4 is 16.7 Å². The Morgan fingerprint density at radius 3 is 2.59 bits per heavy atom. The molecule has 1 saturated heterocycles. The Balaban J connectivity index is 1.46. The van der Waals surface area contributed by atoms with Gasteiger partial charge in [-0.1, -0.05) is 13.8 Å². The topological polar surface area (TPSA) is 93.9 Å². The van der Waals surface area contributed by atoms with Crippen molar-refractivity contribution in [2.24, 2.45) is 11.8 Å². The van der Waals surface area contributed by atoms with Crippen LogP contribution < -0.4 is 14.8 Å². The molecule has 0 aliphatic carbocycles. The number of aromatic nitrogens is 1. The number of hydrogen-bond donors (Lipinski definition) is 1. The summed E-state index contributed by atoms with van der Waals surface area (Å²) in [5.41, 5.74) is 1.32. The number of aryl methyl sites for hydroxylation is 1. The Morgan fingerprint density at radius 2 is 1.91 bits per heavy atom. The Bertz CT molecular complexity index is 983. The SMILES string of the molecule is COc1ccc(-c2nc(C[S@@](=O)CC(=O)NCCCN3C[C@@H](C)C[C@H](C)C3)c(C)o2)cc1OC. The molecule has 0 unspecified atom stereocenters. The second-order valence-electron chi connectivity index (χ2n) is 9.23. The number of ether oxygens (including phenoxy) is 2. The minimum absolute atomic E-state index is 0.0459. The van der Waals surface area contributed by atoms with Gasteiger partial charge in [-0.15, -0.1) is 0 Å². The quantitative estimate of drug-likeness (QED) is 0.482. The van der Waals surface area contributed by atoms with Crippen LogP contribution in [-0.2, 0) is 21.3 Å². The van der Waals surface area contributed by atoms with Gasteiger partial charge in [-0.3, -0.25) is 9.00 Å². The predicted molar refractivity (Wildman–Crippen MR) is 134 cm³/mol. The van der Waals surface area contributed by atoms with Crippen molar-refractivity contribution in [2.45, 2.75) is 39.4 Å². The van der Waals surface area contributed by atoms with Crippen molar-refractivity contribution in [1.82, 2.24) is 15.2 Å². The fourth-order valence-corrected chi connectivity index (χ4v) is 5.63. The lowest BCUT2D eigenvalue weighted by Gasteiger charge is -2.34. The van der Waals surface area contributed by atoms with Gasteiger partial charge in [0, 0.05) is 36.0 Å².